The number of benzene rings is 2. The Balaban J connectivity index is 1.53. The highest BCUT2D eigenvalue weighted by Crippen LogP contribution is 2.18. The minimum Gasteiger partial charge on any atom is -0.325 e. The van der Waals surface area contributed by atoms with Gasteiger partial charge in [0.2, 0.25) is 10.0 Å². The fraction of sp³-hybridized carbons (Fsp3) is 0.316. The number of nitrogens with zero attached hydrogens (tertiary/aromatic N) is 1. The van der Waals surface area contributed by atoms with Gasteiger partial charge >= 0.3 is 0 Å². The second-order valence-electron chi connectivity index (χ2n) is 6.70. The third-order valence-electron chi connectivity index (χ3n) is 4.63. The number of carbonyl (C=O) groups is 1. The molecular formula is C19H23ClN3O3S+. The quantitative estimate of drug-likeness (QED) is 0.780. The fourth-order valence-corrected chi connectivity index (χ4v) is 4.61. The lowest BCUT2D eigenvalue weighted by molar-refractivity contribution is -0.895. The van der Waals surface area contributed by atoms with Crippen molar-refractivity contribution in [2.24, 2.45) is 0 Å². The Labute approximate surface area is 164 Å². The number of aryl methyl sites for hydroxylation is 1. The van der Waals surface area contributed by atoms with E-state index in [4.69, 9.17) is 11.6 Å². The van der Waals surface area contributed by atoms with E-state index in [1.807, 2.05) is 31.2 Å². The molecule has 0 spiro atoms. The van der Waals surface area contributed by atoms with Crippen molar-refractivity contribution in [1.82, 2.24) is 4.31 Å². The summed E-state index contributed by atoms with van der Waals surface area (Å²) in [7, 11) is -3.52. The Hall–Kier alpha value is -1.93. The smallest absolute Gasteiger partial charge is 0.279 e. The average molecular weight is 409 g/mol. The Bertz CT molecular complexity index is 891. The van der Waals surface area contributed by atoms with Crippen LogP contribution in [0.5, 0.6) is 0 Å². The maximum atomic E-state index is 12.7. The molecule has 0 aliphatic carbocycles. The first kappa shape index (κ1) is 19.8. The molecule has 8 heteroatoms. The van der Waals surface area contributed by atoms with Gasteiger partial charge in [0.25, 0.3) is 5.91 Å². The third kappa shape index (κ3) is 5.07. The minimum absolute atomic E-state index is 0.0668. The Kier molecular flexibility index (Phi) is 6.16. The van der Waals surface area contributed by atoms with Crippen LogP contribution in [0.2, 0.25) is 5.02 Å². The van der Waals surface area contributed by atoms with Crippen molar-refractivity contribution in [1.29, 1.82) is 0 Å². The number of piperazine rings is 1. The maximum absolute atomic E-state index is 12.7. The molecule has 0 atom stereocenters. The number of sulfonamides is 1. The largest absolute Gasteiger partial charge is 0.325 e. The fourth-order valence-electron chi connectivity index (χ4n) is 3.04. The topological polar surface area (TPSA) is 70.9 Å². The average Bonchev–Trinajstić information content (AvgIpc) is 2.64. The van der Waals surface area contributed by atoms with Crippen molar-refractivity contribution < 1.29 is 18.1 Å². The first-order valence-electron chi connectivity index (χ1n) is 8.80. The summed E-state index contributed by atoms with van der Waals surface area (Å²) in [6.07, 6.45) is 0. The van der Waals surface area contributed by atoms with E-state index >= 15 is 0 Å². The number of nitrogens with one attached hydrogen (secondary N) is 2. The molecule has 1 fully saturated rings. The summed E-state index contributed by atoms with van der Waals surface area (Å²) in [5.41, 5.74) is 1.91. The molecule has 3 rings (SSSR count). The van der Waals surface area contributed by atoms with Crippen molar-refractivity contribution in [2.45, 2.75) is 11.8 Å². The lowest BCUT2D eigenvalue weighted by Gasteiger charge is -2.31. The van der Waals surface area contributed by atoms with Crippen LogP contribution in [0.15, 0.2) is 53.4 Å². The van der Waals surface area contributed by atoms with Gasteiger partial charge in [0, 0.05) is 10.7 Å². The number of hydrogen-bond donors (Lipinski definition) is 2. The monoisotopic (exact) mass is 408 g/mol. The van der Waals surface area contributed by atoms with Gasteiger partial charge in [0.05, 0.1) is 31.1 Å². The first-order valence-corrected chi connectivity index (χ1v) is 10.6. The molecular weight excluding hydrogens is 386 g/mol. The van der Waals surface area contributed by atoms with Crippen LogP contribution in [0.1, 0.15) is 5.56 Å². The Morgan fingerprint density at radius 2 is 1.67 bits per heavy atom. The van der Waals surface area contributed by atoms with E-state index in [-0.39, 0.29) is 10.8 Å². The first-order chi connectivity index (χ1) is 12.8. The molecule has 1 heterocycles. The normalized spacial score (nSPS) is 16.2. The molecule has 0 saturated carbocycles. The SMILES string of the molecule is Cc1ccc(NC(=O)C[NH+]2CCN(S(=O)(=O)c3ccc(Cl)cc3)CC2)cc1. The van der Waals surface area contributed by atoms with Crippen LogP contribution in [0.4, 0.5) is 5.69 Å². The van der Waals surface area contributed by atoms with Gasteiger partial charge < -0.3 is 10.2 Å². The molecule has 0 unspecified atom stereocenters. The zero-order valence-corrected chi connectivity index (χ0v) is 16.7. The van der Waals surface area contributed by atoms with Gasteiger partial charge in [-0.15, -0.1) is 0 Å². The summed E-state index contributed by atoms with van der Waals surface area (Å²) >= 11 is 5.83. The van der Waals surface area contributed by atoms with Crippen molar-refractivity contribution in [3.8, 4) is 0 Å². The molecule has 144 valence electrons. The van der Waals surface area contributed by atoms with E-state index in [0.29, 0.717) is 37.7 Å². The Morgan fingerprint density at radius 3 is 2.26 bits per heavy atom. The van der Waals surface area contributed by atoms with Crippen LogP contribution < -0.4 is 10.2 Å². The summed E-state index contributed by atoms with van der Waals surface area (Å²) < 4.78 is 26.9. The van der Waals surface area contributed by atoms with Gasteiger partial charge in [-0.2, -0.15) is 4.31 Å². The summed E-state index contributed by atoms with van der Waals surface area (Å²) in [5.74, 6) is -0.0668. The van der Waals surface area contributed by atoms with Crippen molar-refractivity contribution in [3.63, 3.8) is 0 Å². The Morgan fingerprint density at radius 1 is 1.07 bits per heavy atom. The zero-order chi connectivity index (χ0) is 19.4. The van der Waals surface area contributed by atoms with Crippen molar-refractivity contribution in [2.75, 3.05) is 38.0 Å². The van der Waals surface area contributed by atoms with E-state index in [0.717, 1.165) is 16.2 Å². The molecule has 1 aliphatic heterocycles. The number of halogens is 1. The van der Waals surface area contributed by atoms with Crippen LogP contribution in [-0.2, 0) is 14.8 Å². The van der Waals surface area contributed by atoms with E-state index in [1.165, 1.54) is 16.4 Å². The molecule has 2 aromatic carbocycles. The van der Waals surface area contributed by atoms with Crippen molar-refractivity contribution >= 4 is 33.2 Å². The van der Waals surface area contributed by atoms with Gasteiger partial charge in [-0.3, -0.25) is 4.79 Å². The second-order valence-corrected chi connectivity index (χ2v) is 9.07. The van der Waals surface area contributed by atoms with Gasteiger partial charge in [-0.05, 0) is 43.3 Å². The van der Waals surface area contributed by atoms with E-state index in [1.54, 1.807) is 12.1 Å². The van der Waals surface area contributed by atoms with Crippen LogP contribution in [0.25, 0.3) is 0 Å². The molecule has 6 nitrogen and oxygen atoms in total. The lowest BCUT2D eigenvalue weighted by Crippen LogP contribution is -3.15. The number of carbonyl (C=O) groups excluding carboxylic acids is 1. The highest BCUT2D eigenvalue weighted by atomic mass is 35.5. The molecule has 1 amide bonds. The second kappa shape index (κ2) is 8.39. The van der Waals surface area contributed by atoms with Crippen molar-refractivity contribution in [3.05, 3.63) is 59.1 Å². The molecule has 1 aliphatic rings. The lowest BCUT2D eigenvalue weighted by atomic mass is 10.2. The third-order valence-corrected chi connectivity index (χ3v) is 6.79. The molecule has 1 saturated heterocycles. The van der Waals surface area contributed by atoms with Gasteiger partial charge in [-0.1, -0.05) is 29.3 Å². The van der Waals surface area contributed by atoms with E-state index in [2.05, 4.69) is 5.32 Å². The van der Waals surface area contributed by atoms with Gasteiger partial charge in [-0.25, -0.2) is 8.42 Å². The molecule has 2 aromatic rings. The highest BCUT2D eigenvalue weighted by Gasteiger charge is 2.31. The van der Waals surface area contributed by atoms with Crippen LogP contribution in [0, 0.1) is 6.92 Å². The molecule has 2 N–H and O–H groups in total. The molecule has 27 heavy (non-hydrogen) atoms. The molecule has 0 aromatic heterocycles. The minimum atomic E-state index is -3.52. The number of quaternary nitrogens is 1. The van der Waals surface area contributed by atoms with E-state index in [9.17, 15) is 13.2 Å². The zero-order valence-electron chi connectivity index (χ0n) is 15.1. The highest BCUT2D eigenvalue weighted by molar-refractivity contribution is 7.89. The number of hydrogen-bond acceptors (Lipinski definition) is 3. The maximum Gasteiger partial charge on any atom is 0.279 e. The van der Waals surface area contributed by atoms with Crippen LogP contribution in [0.3, 0.4) is 0 Å². The van der Waals surface area contributed by atoms with Gasteiger partial charge in [0.15, 0.2) is 6.54 Å². The van der Waals surface area contributed by atoms with Crippen LogP contribution >= 0.6 is 11.6 Å². The number of anilines is 1. The number of amides is 1. The van der Waals surface area contributed by atoms with Gasteiger partial charge in [0.1, 0.15) is 0 Å². The van der Waals surface area contributed by atoms with E-state index < -0.39 is 10.0 Å². The summed E-state index contributed by atoms with van der Waals surface area (Å²) in [6, 6.07) is 13.8. The summed E-state index contributed by atoms with van der Waals surface area (Å²) in [5, 5.41) is 3.39. The summed E-state index contributed by atoms with van der Waals surface area (Å²) in [6.45, 7) is 4.27. The predicted octanol–water partition coefficient (Wildman–Crippen LogP) is 1.18. The summed E-state index contributed by atoms with van der Waals surface area (Å²) in [4.78, 5) is 13.5. The standard InChI is InChI=1S/C19H22ClN3O3S/c1-15-2-6-17(7-3-15)21-19(24)14-22-10-12-23(13-11-22)27(25,26)18-8-4-16(20)5-9-18/h2-9H,10-14H2,1H3,(H,21,24)/p+1. The predicted molar refractivity (Wildman–Crippen MR) is 106 cm³/mol. The number of rotatable bonds is 5. The van der Waals surface area contributed by atoms with Crippen LogP contribution in [-0.4, -0.2) is 51.4 Å². The molecule has 0 bridgehead atoms. The molecule has 0 radical (unpaired) electrons.